The largest absolute Gasteiger partial charge is 0.454 e. The monoisotopic (exact) mass is 405 g/mol. The number of hydrogen-bond donors (Lipinski definition) is 2. The molecule has 2 aromatic heterocycles. The van der Waals surface area contributed by atoms with Gasteiger partial charge in [0.2, 0.25) is 11.9 Å². The molecule has 150 valence electrons. The van der Waals surface area contributed by atoms with Crippen LogP contribution in [0.2, 0.25) is 0 Å². The Balaban J connectivity index is 1.41. The van der Waals surface area contributed by atoms with E-state index in [1.54, 1.807) is 41.3 Å². The molecule has 3 N–H and O–H groups in total. The summed E-state index contributed by atoms with van der Waals surface area (Å²) in [6.45, 7) is -0.190. The van der Waals surface area contributed by atoms with Gasteiger partial charge < -0.3 is 15.8 Å². The number of nitrogens with two attached hydrogens (primary N) is 1. The van der Waals surface area contributed by atoms with Crippen molar-refractivity contribution in [3.05, 3.63) is 84.2 Å². The summed E-state index contributed by atoms with van der Waals surface area (Å²) in [5.74, 6) is -0.600. The SMILES string of the molecule is Nc1nc(COC(=O)c2ccc(-n3cccn3)cc2)nc(Nc2ccc(F)cc2)n1. The second-order valence-corrected chi connectivity index (χ2v) is 6.14. The summed E-state index contributed by atoms with van der Waals surface area (Å²) in [4.78, 5) is 24.4. The summed E-state index contributed by atoms with van der Waals surface area (Å²) in [7, 11) is 0. The molecule has 0 aliphatic heterocycles. The molecule has 0 saturated heterocycles. The molecule has 30 heavy (non-hydrogen) atoms. The van der Waals surface area contributed by atoms with Crippen molar-refractivity contribution in [2.75, 3.05) is 11.1 Å². The van der Waals surface area contributed by atoms with Crippen LogP contribution in [0, 0.1) is 5.82 Å². The maximum Gasteiger partial charge on any atom is 0.338 e. The maximum absolute atomic E-state index is 13.0. The van der Waals surface area contributed by atoms with Crippen LogP contribution in [-0.2, 0) is 11.3 Å². The van der Waals surface area contributed by atoms with Crippen LogP contribution in [0.15, 0.2) is 67.0 Å². The third-order valence-electron chi connectivity index (χ3n) is 4.00. The highest BCUT2D eigenvalue weighted by Gasteiger charge is 2.11. The minimum atomic E-state index is -0.533. The Morgan fingerprint density at radius 2 is 1.83 bits per heavy atom. The molecule has 0 spiro atoms. The van der Waals surface area contributed by atoms with Gasteiger partial charge >= 0.3 is 5.97 Å². The lowest BCUT2D eigenvalue weighted by Crippen LogP contribution is -2.11. The van der Waals surface area contributed by atoms with Gasteiger partial charge in [-0.2, -0.15) is 20.1 Å². The number of benzene rings is 2. The van der Waals surface area contributed by atoms with Gasteiger partial charge in [-0.05, 0) is 54.6 Å². The molecule has 2 aromatic carbocycles. The molecular formula is C20H16FN7O2. The number of carbonyl (C=O) groups excluding carboxylic acids is 1. The molecule has 0 atom stereocenters. The Morgan fingerprint density at radius 1 is 1.07 bits per heavy atom. The number of halogens is 1. The van der Waals surface area contributed by atoms with Crippen LogP contribution in [0.5, 0.6) is 0 Å². The molecule has 0 fully saturated rings. The molecule has 10 heteroatoms. The van der Waals surface area contributed by atoms with E-state index in [-0.39, 0.29) is 30.1 Å². The number of aromatic nitrogens is 5. The fraction of sp³-hybridized carbons (Fsp3) is 0.0500. The number of ether oxygens (including phenoxy) is 1. The first-order valence-electron chi connectivity index (χ1n) is 8.87. The van der Waals surface area contributed by atoms with Gasteiger partial charge in [0.1, 0.15) is 5.82 Å². The Labute approximate surface area is 170 Å². The number of anilines is 3. The van der Waals surface area contributed by atoms with Crippen molar-refractivity contribution in [3.8, 4) is 5.69 Å². The number of nitrogens with one attached hydrogen (secondary N) is 1. The summed E-state index contributed by atoms with van der Waals surface area (Å²) < 4.78 is 20.0. The zero-order valence-corrected chi connectivity index (χ0v) is 15.6. The smallest absolute Gasteiger partial charge is 0.338 e. The van der Waals surface area contributed by atoms with Crippen molar-refractivity contribution < 1.29 is 13.9 Å². The van der Waals surface area contributed by atoms with Crippen LogP contribution in [0.4, 0.5) is 22.0 Å². The number of esters is 1. The summed E-state index contributed by atoms with van der Waals surface area (Å²) in [5, 5.41) is 7.02. The van der Waals surface area contributed by atoms with Gasteiger partial charge in [-0.25, -0.2) is 13.9 Å². The van der Waals surface area contributed by atoms with Crippen molar-refractivity contribution in [2.24, 2.45) is 0 Å². The maximum atomic E-state index is 13.0. The Kier molecular flexibility index (Phi) is 5.29. The van der Waals surface area contributed by atoms with E-state index in [0.717, 1.165) is 5.69 Å². The van der Waals surface area contributed by atoms with Crippen LogP contribution < -0.4 is 11.1 Å². The molecule has 2 heterocycles. The average Bonchev–Trinajstić information content (AvgIpc) is 3.28. The molecule has 9 nitrogen and oxygen atoms in total. The van der Waals surface area contributed by atoms with Crippen LogP contribution in [0.1, 0.15) is 16.2 Å². The normalized spacial score (nSPS) is 10.6. The minimum Gasteiger partial charge on any atom is -0.454 e. The lowest BCUT2D eigenvalue weighted by Gasteiger charge is -2.08. The van der Waals surface area contributed by atoms with E-state index in [4.69, 9.17) is 10.5 Å². The molecule has 0 amide bonds. The molecule has 0 unspecified atom stereocenters. The Hall–Kier alpha value is -4.34. The van der Waals surface area contributed by atoms with E-state index in [1.807, 2.05) is 6.07 Å². The fourth-order valence-corrected chi connectivity index (χ4v) is 2.61. The molecule has 4 aromatic rings. The molecular weight excluding hydrogens is 389 g/mol. The van der Waals surface area contributed by atoms with E-state index in [1.165, 1.54) is 24.3 Å². The van der Waals surface area contributed by atoms with Crippen LogP contribution >= 0.6 is 0 Å². The topological polar surface area (TPSA) is 121 Å². The van der Waals surface area contributed by atoms with Crippen molar-refractivity contribution >= 4 is 23.6 Å². The van der Waals surface area contributed by atoms with Crippen LogP contribution in [0.25, 0.3) is 5.69 Å². The number of carbonyl (C=O) groups is 1. The number of hydrogen-bond acceptors (Lipinski definition) is 8. The molecule has 0 saturated carbocycles. The molecule has 0 aliphatic carbocycles. The third kappa shape index (κ3) is 4.55. The van der Waals surface area contributed by atoms with E-state index in [9.17, 15) is 9.18 Å². The van der Waals surface area contributed by atoms with Gasteiger partial charge in [0.05, 0.1) is 11.3 Å². The zero-order chi connectivity index (χ0) is 20.9. The molecule has 4 rings (SSSR count). The second-order valence-electron chi connectivity index (χ2n) is 6.14. The van der Waals surface area contributed by atoms with Crippen molar-refractivity contribution in [2.45, 2.75) is 6.61 Å². The third-order valence-corrected chi connectivity index (χ3v) is 4.00. The summed E-state index contributed by atoms with van der Waals surface area (Å²) in [6.07, 6.45) is 3.47. The summed E-state index contributed by atoms with van der Waals surface area (Å²) in [6, 6.07) is 14.3. The highest BCUT2D eigenvalue weighted by molar-refractivity contribution is 5.89. The predicted octanol–water partition coefficient (Wildman–Crippen LogP) is 2.88. The molecule has 0 aliphatic rings. The van der Waals surface area contributed by atoms with Gasteiger partial charge in [-0.15, -0.1) is 0 Å². The van der Waals surface area contributed by atoms with E-state index >= 15 is 0 Å². The molecule has 0 radical (unpaired) electrons. The number of nitrogen functional groups attached to an aromatic ring is 1. The van der Waals surface area contributed by atoms with Gasteiger partial charge in [0, 0.05) is 18.1 Å². The van der Waals surface area contributed by atoms with Crippen molar-refractivity contribution in [3.63, 3.8) is 0 Å². The Bertz CT molecular complexity index is 1150. The van der Waals surface area contributed by atoms with E-state index in [2.05, 4.69) is 25.4 Å². The minimum absolute atomic E-state index is 0.0377. The predicted molar refractivity (Wildman–Crippen MR) is 107 cm³/mol. The standard InChI is InChI=1S/C20H16FN7O2/c21-14-4-6-15(7-5-14)24-20-26-17(25-19(22)27-20)12-30-18(29)13-2-8-16(9-3-13)28-11-1-10-23-28/h1-11H,12H2,(H3,22,24,25,26,27). The summed E-state index contributed by atoms with van der Waals surface area (Å²) >= 11 is 0. The second kappa shape index (κ2) is 8.35. The van der Waals surface area contributed by atoms with E-state index in [0.29, 0.717) is 11.3 Å². The quantitative estimate of drug-likeness (QED) is 0.470. The Morgan fingerprint density at radius 3 is 2.53 bits per heavy atom. The first-order chi connectivity index (χ1) is 14.6. The van der Waals surface area contributed by atoms with Crippen LogP contribution in [-0.4, -0.2) is 30.7 Å². The average molecular weight is 405 g/mol. The van der Waals surface area contributed by atoms with Gasteiger partial charge in [-0.1, -0.05) is 0 Å². The highest BCUT2D eigenvalue weighted by atomic mass is 19.1. The van der Waals surface area contributed by atoms with Crippen molar-refractivity contribution in [1.29, 1.82) is 0 Å². The summed E-state index contributed by atoms with van der Waals surface area (Å²) in [5.41, 5.74) is 7.47. The zero-order valence-electron chi connectivity index (χ0n) is 15.6. The number of rotatable bonds is 6. The lowest BCUT2D eigenvalue weighted by atomic mass is 10.2. The molecule has 0 bridgehead atoms. The van der Waals surface area contributed by atoms with Crippen molar-refractivity contribution in [1.82, 2.24) is 24.7 Å². The van der Waals surface area contributed by atoms with Gasteiger partial charge in [0.25, 0.3) is 0 Å². The van der Waals surface area contributed by atoms with Gasteiger partial charge in [0.15, 0.2) is 12.4 Å². The lowest BCUT2D eigenvalue weighted by molar-refractivity contribution is 0.0462. The van der Waals surface area contributed by atoms with Crippen LogP contribution in [0.3, 0.4) is 0 Å². The van der Waals surface area contributed by atoms with E-state index < -0.39 is 5.97 Å². The highest BCUT2D eigenvalue weighted by Crippen LogP contribution is 2.15. The number of nitrogens with zero attached hydrogens (tertiary/aromatic N) is 5. The first kappa shape index (κ1) is 19.0. The fourth-order valence-electron chi connectivity index (χ4n) is 2.61. The van der Waals surface area contributed by atoms with Gasteiger partial charge in [-0.3, -0.25) is 0 Å². The first-order valence-corrected chi connectivity index (χ1v) is 8.87.